The van der Waals surface area contributed by atoms with E-state index in [1.54, 1.807) is 0 Å². The van der Waals surface area contributed by atoms with Gasteiger partial charge in [-0.1, -0.05) is 40.8 Å². The first-order chi connectivity index (χ1) is 5.43. The fraction of sp³-hybridized carbons (Fsp3) is 0.111. The van der Waals surface area contributed by atoms with Crippen LogP contribution in [0, 0.1) is 0 Å². The van der Waals surface area contributed by atoms with Crippen LogP contribution in [0.1, 0.15) is 0 Å². The van der Waals surface area contributed by atoms with Gasteiger partial charge in [0.15, 0.2) is 0 Å². The third-order valence-electron chi connectivity index (χ3n) is 1.18. The second kappa shape index (κ2) is 5.18. The highest BCUT2D eigenvalue weighted by Gasteiger charge is 1.85. The molecule has 0 fully saturated rings. The minimum atomic E-state index is 0.646. The lowest BCUT2D eigenvalue weighted by atomic mass is 10.3. The van der Waals surface area contributed by atoms with Gasteiger partial charge < -0.3 is 4.74 Å². The minimum absolute atomic E-state index is 0.646. The molecule has 2 heteroatoms. The van der Waals surface area contributed by atoms with Crippen LogP contribution in [0.2, 0.25) is 0 Å². The van der Waals surface area contributed by atoms with Gasteiger partial charge in [-0.15, -0.1) is 0 Å². The van der Waals surface area contributed by atoms with Gasteiger partial charge in [-0.3, -0.25) is 0 Å². The Morgan fingerprint density at radius 1 is 1.27 bits per heavy atom. The van der Waals surface area contributed by atoms with Crippen molar-refractivity contribution in [2.45, 2.75) is 0 Å². The molecule has 0 aromatic heterocycles. The summed E-state index contributed by atoms with van der Waals surface area (Å²) in [7, 11) is 0. The van der Waals surface area contributed by atoms with Gasteiger partial charge in [-0.05, 0) is 22.3 Å². The largest absolute Gasteiger partial charge is 0.490 e. The molecule has 0 atom stereocenters. The number of benzene rings is 1. The molecule has 1 aromatic rings. The van der Waals surface area contributed by atoms with Crippen LogP contribution in [0.3, 0.4) is 0 Å². The minimum Gasteiger partial charge on any atom is -0.490 e. The average Bonchev–Trinajstić information content (AvgIpc) is 2.07. The van der Waals surface area contributed by atoms with Crippen molar-refractivity contribution >= 4 is 22.6 Å². The van der Waals surface area contributed by atoms with E-state index in [1.165, 1.54) is 0 Å². The van der Waals surface area contributed by atoms with Crippen molar-refractivity contribution in [3.8, 4) is 5.75 Å². The Balaban J connectivity index is 2.39. The first kappa shape index (κ1) is 8.59. The topological polar surface area (TPSA) is 9.23 Å². The van der Waals surface area contributed by atoms with Crippen molar-refractivity contribution in [1.29, 1.82) is 0 Å². The summed E-state index contributed by atoms with van der Waals surface area (Å²) in [4.78, 5) is 0. The Kier molecular flexibility index (Phi) is 4.04. The lowest BCUT2D eigenvalue weighted by Crippen LogP contribution is -1.91. The Morgan fingerprint density at radius 2 is 2.00 bits per heavy atom. The highest BCUT2D eigenvalue weighted by molar-refractivity contribution is 14.1. The summed E-state index contributed by atoms with van der Waals surface area (Å²) >= 11 is 2.17. The smallest absolute Gasteiger partial charge is 0.119 e. The molecule has 0 amide bonds. The van der Waals surface area contributed by atoms with Gasteiger partial charge in [0.05, 0.1) is 0 Å². The molecule has 11 heavy (non-hydrogen) atoms. The Hall–Kier alpha value is -0.510. The highest BCUT2D eigenvalue weighted by Crippen LogP contribution is 2.07. The van der Waals surface area contributed by atoms with E-state index in [0.29, 0.717) is 6.61 Å². The standard InChI is InChI=1S/C9H9IO/c10-7-4-8-11-9-5-2-1-3-6-9/h1-7H,8H2/b7-4+. The maximum absolute atomic E-state index is 5.35. The molecule has 1 nitrogen and oxygen atoms in total. The van der Waals surface area contributed by atoms with Crippen LogP contribution in [0.25, 0.3) is 0 Å². The van der Waals surface area contributed by atoms with Gasteiger partial charge >= 0.3 is 0 Å². The molecule has 0 aliphatic rings. The Bertz CT molecular complexity index is 218. The van der Waals surface area contributed by atoms with Crippen LogP contribution in [0.15, 0.2) is 40.5 Å². The molecule has 0 bridgehead atoms. The van der Waals surface area contributed by atoms with Crippen LogP contribution >= 0.6 is 22.6 Å². The number of halogens is 1. The van der Waals surface area contributed by atoms with E-state index in [0.717, 1.165) is 5.75 Å². The number of hydrogen-bond acceptors (Lipinski definition) is 1. The molecule has 0 unspecified atom stereocenters. The molecular weight excluding hydrogens is 251 g/mol. The lowest BCUT2D eigenvalue weighted by molar-refractivity contribution is 0.363. The van der Waals surface area contributed by atoms with Gasteiger partial charge in [0, 0.05) is 0 Å². The van der Waals surface area contributed by atoms with Crippen molar-refractivity contribution in [3.05, 3.63) is 40.5 Å². The van der Waals surface area contributed by atoms with E-state index >= 15 is 0 Å². The molecule has 0 saturated heterocycles. The molecular formula is C9H9IO. The van der Waals surface area contributed by atoms with E-state index in [-0.39, 0.29) is 0 Å². The maximum Gasteiger partial charge on any atom is 0.119 e. The molecule has 0 aliphatic carbocycles. The molecule has 0 N–H and O–H groups in total. The van der Waals surface area contributed by atoms with Gasteiger partial charge in [-0.2, -0.15) is 0 Å². The number of hydrogen-bond donors (Lipinski definition) is 0. The van der Waals surface area contributed by atoms with Crippen LogP contribution in [-0.4, -0.2) is 6.61 Å². The summed E-state index contributed by atoms with van der Waals surface area (Å²) in [5.41, 5.74) is 0. The first-order valence-corrected chi connectivity index (χ1v) is 4.61. The molecule has 1 aromatic carbocycles. The van der Waals surface area contributed by atoms with E-state index in [9.17, 15) is 0 Å². The second-order valence-corrected chi connectivity index (χ2v) is 2.70. The predicted octanol–water partition coefficient (Wildman–Crippen LogP) is 3.01. The summed E-state index contributed by atoms with van der Waals surface area (Å²) in [5.74, 6) is 0.919. The number of rotatable bonds is 3. The summed E-state index contributed by atoms with van der Waals surface area (Å²) in [6.07, 6.45) is 1.97. The zero-order valence-corrected chi connectivity index (χ0v) is 8.19. The third kappa shape index (κ3) is 3.41. The number of ether oxygens (including phenoxy) is 1. The Labute approximate surface area is 80.2 Å². The number of para-hydroxylation sites is 1. The molecule has 58 valence electrons. The van der Waals surface area contributed by atoms with Crippen LogP contribution in [-0.2, 0) is 0 Å². The Morgan fingerprint density at radius 3 is 2.64 bits per heavy atom. The van der Waals surface area contributed by atoms with Crippen molar-refractivity contribution in [2.75, 3.05) is 6.61 Å². The summed E-state index contributed by atoms with van der Waals surface area (Å²) in [6.45, 7) is 0.646. The van der Waals surface area contributed by atoms with Gasteiger partial charge in [0.25, 0.3) is 0 Å². The zero-order valence-electron chi connectivity index (χ0n) is 6.03. The van der Waals surface area contributed by atoms with E-state index < -0.39 is 0 Å². The van der Waals surface area contributed by atoms with E-state index in [4.69, 9.17) is 4.74 Å². The summed E-state index contributed by atoms with van der Waals surface area (Å²) in [6, 6.07) is 9.79. The van der Waals surface area contributed by atoms with Gasteiger partial charge in [-0.25, -0.2) is 0 Å². The van der Waals surface area contributed by atoms with Crippen molar-refractivity contribution in [2.24, 2.45) is 0 Å². The summed E-state index contributed by atoms with van der Waals surface area (Å²) < 4.78 is 7.30. The quantitative estimate of drug-likeness (QED) is 0.759. The molecule has 0 radical (unpaired) electrons. The van der Waals surface area contributed by atoms with E-state index in [1.807, 2.05) is 40.5 Å². The summed E-state index contributed by atoms with van der Waals surface area (Å²) in [5, 5.41) is 0. The van der Waals surface area contributed by atoms with Crippen molar-refractivity contribution in [3.63, 3.8) is 0 Å². The predicted molar refractivity (Wildman–Crippen MR) is 55.1 cm³/mol. The fourth-order valence-corrected chi connectivity index (χ4v) is 0.905. The molecule has 0 spiro atoms. The van der Waals surface area contributed by atoms with Crippen LogP contribution < -0.4 is 4.74 Å². The fourth-order valence-electron chi connectivity index (χ4n) is 0.697. The van der Waals surface area contributed by atoms with Crippen molar-refractivity contribution < 1.29 is 4.74 Å². The third-order valence-corrected chi connectivity index (χ3v) is 1.69. The molecule has 0 heterocycles. The average molecular weight is 260 g/mol. The van der Waals surface area contributed by atoms with Crippen molar-refractivity contribution in [1.82, 2.24) is 0 Å². The SMILES string of the molecule is I/C=C/COc1ccccc1. The monoisotopic (exact) mass is 260 g/mol. The maximum atomic E-state index is 5.35. The second-order valence-electron chi connectivity index (χ2n) is 1.99. The van der Waals surface area contributed by atoms with Crippen LogP contribution in [0.4, 0.5) is 0 Å². The molecule has 0 saturated carbocycles. The lowest BCUT2D eigenvalue weighted by Gasteiger charge is -2.00. The van der Waals surface area contributed by atoms with Crippen LogP contribution in [0.5, 0.6) is 5.75 Å². The van der Waals surface area contributed by atoms with Gasteiger partial charge in [0.2, 0.25) is 0 Å². The van der Waals surface area contributed by atoms with E-state index in [2.05, 4.69) is 22.6 Å². The normalized spacial score (nSPS) is 10.3. The van der Waals surface area contributed by atoms with Gasteiger partial charge in [0.1, 0.15) is 12.4 Å². The molecule has 1 rings (SSSR count). The highest BCUT2D eigenvalue weighted by atomic mass is 127. The molecule has 0 aliphatic heterocycles. The first-order valence-electron chi connectivity index (χ1n) is 3.36. The zero-order chi connectivity index (χ0) is 7.94.